The lowest BCUT2D eigenvalue weighted by molar-refractivity contribution is 0.290. The van der Waals surface area contributed by atoms with Crippen molar-refractivity contribution in [1.29, 1.82) is 0 Å². The van der Waals surface area contributed by atoms with Gasteiger partial charge in [0.25, 0.3) is 0 Å². The summed E-state index contributed by atoms with van der Waals surface area (Å²) in [6, 6.07) is 0.585. The third kappa shape index (κ3) is 5.15. The summed E-state index contributed by atoms with van der Waals surface area (Å²) in [5.41, 5.74) is 0. The van der Waals surface area contributed by atoms with Crippen LogP contribution in [0.4, 0.5) is 0 Å². The van der Waals surface area contributed by atoms with Crippen molar-refractivity contribution >= 4 is 41.7 Å². The Morgan fingerprint density at radius 3 is 2.61 bits per heavy atom. The first-order valence-corrected chi connectivity index (χ1v) is 11.7. The van der Waals surface area contributed by atoms with E-state index >= 15 is 0 Å². The molecular weight excluding hydrogens is 483 g/mol. The zero-order valence-electron chi connectivity index (χ0n) is 17.3. The molecule has 1 aromatic heterocycles. The fourth-order valence-corrected chi connectivity index (χ4v) is 6.32. The smallest absolute Gasteiger partial charge is 0.194 e. The molecule has 1 aromatic rings. The number of hydrogen-bond donors (Lipinski definition) is 1. The van der Waals surface area contributed by atoms with Gasteiger partial charge in [-0.25, -0.2) is 4.99 Å². The Labute approximate surface area is 190 Å². The fraction of sp³-hybridized carbons (Fsp3) is 0.850. The molecule has 1 spiro atoms. The summed E-state index contributed by atoms with van der Waals surface area (Å²) in [4.78, 5) is 7.58. The number of aliphatic imine (C=N–C) groups is 1. The van der Waals surface area contributed by atoms with E-state index in [0.717, 1.165) is 30.7 Å². The highest BCUT2D eigenvalue weighted by atomic mass is 127. The topological polar surface area (TPSA) is 58.3 Å². The lowest BCUT2D eigenvalue weighted by Gasteiger charge is -2.46. The molecule has 8 heteroatoms. The maximum absolute atomic E-state index is 5.03. The molecule has 4 rings (SSSR count). The minimum absolute atomic E-state index is 0. The predicted octanol–water partition coefficient (Wildman–Crippen LogP) is 3.88. The van der Waals surface area contributed by atoms with E-state index in [1.54, 1.807) is 0 Å². The summed E-state index contributed by atoms with van der Waals surface area (Å²) in [5.74, 6) is 4.21. The molecule has 3 fully saturated rings. The van der Waals surface area contributed by atoms with Crippen LogP contribution in [0.1, 0.15) is 69.4 Å². The van der Waals surface area contributed by atoms with Crippen LogP contribution >= 0.6 is 35.7 Å². The van der Waals surface area contributed by atoms with Crippen LogP contribution in [0.2, 0.25) is 0 Å². The number of aromatic nitrogens is 3. The maximum Gasteiger partial charge on any atom is 0.194 e. The van der Waals surface area contributed by atoms with E-state index in [1.165, 1.54) is 63.5 Å². The molecule has 1 N–H and O–H groups in total. The van der Waals surface area contributed by atoms with Gasteiger partial charge in [-0.3, -0.25) is 0 Å². The molecule has 1 aliphatic heterocycles. The van der Waals surface area contributed by atoms with Crippen LogP contribution < -0.4 is 5.32 Å². The third-order valence-electron chi connectivity index (χ3n) is 6.55. The summed E-state index contributed by atoms with van der Waals surface area (Å²) < 4.78 is 2.50. The van der Waals surface area contributed by atoms with Gasteiger partial charge in [-0.1, -0.05) is 32.1 Å². The highest BCUT2D eigenvalue weighted by molar-refractivity contribution is 14.0. The van der Waals surface area contributed by atoms with E-state index < -0.39 is 0 Å². The first-order chi connectivity index (χ1) is 13.2. The van der Waals surface area contributed by atoms with Crippen LogP contribution in [0, 0.1) is 6.92 Å². The molecule has 0 aromatic carbocycles. The molecule has 2 saturated carbocycles. The molecule has 1 saturated heterocycles. The fourth-order valence-electron chi connectivity index (χ4n) is 4.75. The highest BCUT2D eigenvalue weighted by Crippen LogP contribution is 2.42. The van der Waals surface area contributed by atoms with Crippen molar-refractivity contribution < 1.29 is 0 Å². The van der Waals surface area contributed by atoms with Crippen molar-refractivity contribution in [2.75, 3.05) is 18.8 Å². The quantitative estimate of drug-likeness (QED) is 0.374. The van der Waals surface area contributed by atoms with Crippen molar-refractivity contribution in [2.45, 2.75) is 82.0 Å². The van der Waals surface area contributed by atoms with Gasteiger partial charge < -0.3 is 14.8 Å². The number of nitrogens with one attached hydrogen (secondary N) is 1. The van der Waals surface area contributed by atoms with Crippen LogP contribution in [0.25, 0.3) is 0 Å². The maximum atomic E-state index is 5.03. The summed E-state index contributed by atoms with van der Waals surface area (Å²) in [7, 11) is 2.03. The molecule has 0 bridgehead atoms. The standard InChI is InChI=1S/C20H34N6S.HI/c1-16-23-24-18(25(16)2)14-21-19(22-17-8-4-5-9-17)26-12-13-27-20(15-26)10-6-3-7-11-20;/h17H,3-15H2,1-2H3,(H,21,22);1H. The number of aryl methyl sites for hydroxylation is 1. The van der Waals surface area contributed by atoms with Crippen molar-refractivity contribution in [3.63, 3.8) is 0 Å². The monoisotopic (exact) mass is 518 g/mol. The Kier molecular flexibility index (Phi) is 7.92. The summed E-state index contributed by atoms with van der Waals surface area (Å²) in [6.45, 7) is 4.84. The van der Waals surface area contributed by atoms with Gasteiger partial charge in [0, 0.05) is 36.7 Å². The predicted molar refractivity (Wildman–Crippen MR) is 128 cm³/mol. The van der Waals surface area contributed by atoms with Gasteiger partial charge >= 0.3 is 0 Å². The second-order valence-corrected chi connectivity index (χ2v) is 10.1. The first kappa shape index (κ1) is 22.2. The van der Waals surface area contributed by atoms with E-state index in [2.05, 4.69) is 32.2 Å². The molecule has 2 aliphatic carbocycles. The molecular formula is C20H35IN6S. The molecule has 0 atom stereocenters. The van der Waals surface area contributed by atoms with Gasteiger partial charge in [-0.05, 0) is 32.6 Å². The second kappa shape index (κ2) is 10.00. The number of nitrogens with zero attached hydrogens (tertiary/aromatic N) is 5. The van der Waals surface area contributed by atoms with Crippen molar-refractivity contribution in [2.24, 2.45) is 12.0 Å². The van der Waals surface area contributed by atoms with Crippen molar-refractivity contribution in [3.05, 3.63) is 11.6 Å². The van der Waals surface area contributed by atoms with Crippen LogP contribution in [-0.4, -0.2) is 55.3 Å². The molecule has 2 heterocycles. The number of guanidine groups is 1. The van der Waals surface area contributed by atoms with Crippen molar-refractivity contribution in [3.8, 4) is 0 Å². The van der Waals surface area contributed by atoms with Gasteiger partial charge in [0.05, 0.1) is 0 Å². The van der Waals surface area contributed by atoms with E-state index in [1.807, 2.05) is 18.5 Å². The minimum Gasteiger partial charge on any atom is -0.353 e. The highest BCUT2D eigenvalue weighted by Gasteiger charge is 2.38. The largest absolute Gasteiger partial charge is 0.353 e. The minimum atomic E-state index is 0. The average Bonchev–Trinajstić information content (AvgIpc) is 3.30. The lowest BCUT2D eigenvalue weighted by atomic mass is 9.87. The number of hydrogen-bond acceptors (Lipinski definition) is 4. The molecule has 158 valence electrons. The van der Waals surface area contributed by atoms with Gasteiger partial charge in [0.2, 0.25) is 0 Å². The normalized spacial score (nSPS) is 23.1. The van der Waals surface area contributed by atoms with Gasteiger partial charge in [-0.15, -0.1) is 34.2 Å². The van der Waals surface area contributed by atoms with Crippen molar-refractivity contribution in [1.82, 2.24) is 25.0 Å². The van der Waals surface area contributed by atoms with E-state index in [4.69, 9.17) is 4.99 Å². The van der Waals surface area contributed by atoms with E-state index in [0.29, 0.717) is 17.3 Å². The molecule has 0 unspecified atom stereocenters. The Balaban J connectivity index is 0.00000225. The van der Waals surface area contributed by atoms with Gasteiger partial charge in [-0.2, -0.15) is 11.8 Å². The van der Waals surface area contributed by atoms with Gasteiger partial charge in [0.1, 0.15) is 12.4 Å². The van der Waals surface area contributed by atoms with Crippen LogP contribution in [0.5, 0.6) is 0 Å². The number of halogens is 1. The average molecular weight is 519 g/mol. The Morgan fingerprint density at radius 1 is 1.18 bits per heavy atom. The molecule has 28 heavy (non-hydrogen) atoms. The zero-order valence-corrected chi connectivity index (χ0v) is 20.5. The van der Waals surface area contributed by atoms with Crippen LogP contribution in [-0.2, 0) is 13.6 Å². The molecule has 6 nitrogen and oxygen atoms in total. The summed E-state index contributed by atoms with van der Waals surface area (Å²) in [6.07, 6.45) is 12.2. The lowest BCUT2D eigenvalue weighted by Crippen LogP contribution is -2.54. The van der Waals surface area contributed by atoms with Crippen LogP contribution in [0.3, 0.4) is 0 Å². The Bertz CT molecular complexity index is 658. The second-order valence-electron chi connectivity index (χ2n) is 8.50. The van der Waals surface area contributed by atoms with Crippen LogP contribution in [0.15, 0.2) is 4.99 Å². The summed E-state index contributed by atoms with van der Waals surface area (Å²) >= 11 is 2.22. The van der Waals surface area contributed by atoms with Gasteiger partial charge in [0.15, 0.2) is 11.8 Å². The van der Waals surface area contributed by atoms with E-state index in [9.17, 15) is 0 Å². The number of rotatable bonds is 3. The number of thioether (sulfide) groups is 1. The Hall–Kier alpha value is -0.510. The zero-order chi connectivity index (χ0) is 18.7. The molecule has 3 aliphatic rings. The van der Waals surface area contributed by atoms with E-state index in [-0.39, 0.29) is 24.0 Å². The SMILES string of the molecule is Cc1nnc(CN=C(NC2CCCC2)N2CCSC3(CCCCC3)C2)n1C.I. The third-order valence-corrected chi connectivity index (χ3v) is 8.09. The molecule has 0 amide bonds. The first-order valence-electron chi connectivity index (χ1n) is 10.7. The molecule has 0 radical (unpaired) electrons. The summed E-state index contributed by atoms with van der Waals surface area (Å²) in [5, 5.41) is 12.3. The Morgan fingerprint density at radius 2 is 1.93 bits per heavy atom.